The fraction of sp³-hybridized carbons (Fsp3) is 0.400. The minimum absolute atomic E-state index is 0.0660. The van der Waals surface area contributed by atoms with Gasteiger partial charge in [-0.3, -0.25) is 4.79 Å². The summed E-state index contributed by atoms with van der Waals surface area (Å²) < 4.78 is 6.83. The molecule has 0 radical (unpaired) electrons. The van der Waals surface area contributed by atoms with Crippen LogP contribution in [0.1, 0.15) is 13.8 Å². The smallest absolute Gasteiger partial charge is 0.234 e. The van der Waals surface area contributed by atoms with Crippen molar-refractivity contribution in [3.8, 4) is 5.75 Å². The zero-order chi connectivity index (χ0) is 17.4. The number of ether oxygens (including phenoxy) is 1. The fourth-order valence-corrected chi connectivity index (χ4v) is 6.10. The first-order valence-electron chi connectivity index (χ1n) is 7.26. The summed E-state index contributed by atoms with van der Waals surface area (Å²) in [6, 6.07) is 7.25. The number of aromatic nitrogens is 2. The van der Waals surface area contributed by atoms with E-state index in [2.05, 4.69) is 29.4 Å². The molecule has 0 atom stereocenters. The van der Waals surface area contributed by atoms with Gasteiger partial charge in [-0.15, -0.1) is 10.2 Å². The summed E-state index contributed by atoms with van der Waals surface area (Å²) in [4.78, 5) is 12.0. The van der Waals surface area contributed by atoms with Gasteiger partial charge in [0.2, 0.25) is 5.91 Å². The van der Waals surface area contributed by atoms with E-state index in [9.17, 15) is 4.79 Å². The van der Waals surface area contributed by atoms with Crippen LogP contribution in [0.15, 0.2) is 32.9 Å². The van der Waals surface area contributed by atoms with Crippen molar-refractivity contribution in [3.05, 3.63) is 24.3 Å². The highest BCUT2D eigenvalue weighted by Gasteiger charge is 2.09. The monoisotopic (exact) mass is 401 g/mol. The first kappa shape index (κ1) is 19.4. The third-order valence-corrected chi connectivity index (χ3v) is 7.67. The van der Waals surface area contributed by atoms with Gasteiger partial charge in [0, 0.05) is 11.4 Å². The fourth-order valence-electron chi connectivity index (χ4n) is 1.51. The second-order valence-electron chi connectivity index (χ2n) is 5.16. The van der Waals surface area contributed by atoms with Crippen molar-refractivity contribution in [1.82, 2.24) is 10.2 Å². The standard InChI is InChI=1S/C15H19N3O2S4/c1-10(2)8-22-24-15-18-17-14(23-15)21-9-13(19)16-11-4-6-12(20-3)7-5-11/h4-7,10H,8-9H2,1-3H3,(H,16,19). The summed E-state index contributed by atoms with van der Waals surface area (Å²) in [7, 11) is 5.04. The zero-order valence-corrected chi connectivity index (χ0v) is 16.9. The quantitative estimate of drug-likeness (QED) is 0.484. The van der Waals surface area contributed by atoms with Crippen LogP contribution >= 0.6 is 44.7 Å². The number of nitrogens with one attached hydrogen (secondary N) is 1. The Bertz CT molecular complexity index is 646. The largest absolute Gasteiger partial charge is 0.497 e. The Morgan fingerprint density at radius 3 is 2.62 bits per heavy atom. The Labute approximate surface area is 158 Å². The Hall–Kier alpha value is -0.900. The Morgan fingerprint density at radius 1 is 1.25 bits per heavy atom. The van der Waals surface area contributed by atoms with Crippen LogP contribution in [-0.2, 0) is 4.79 Å². The summed E-state index contributed by atoms with van der Waals surface area (Å²) in [5.74, 6) is 2.74. The molecule has 0 aliphatic rings. The SMILES string of the molecule is COc1ccc(NC(=O)CSc2nnc(SSCC(C)C)s2)cc1. The van der Waals surface area contributed by atoms with Crippen molar-refractivity contribution >= 4 is 56.3 Å². The van der Waals surface area contributed by atoms with E-state index >= 15 is 0 Å². The molecule has 0 saturated carbocycles. The Kier molecular flexibility index (Phi) is 8.23. The number of thioether (sulfide) groups is 1. The minimum atomic E-state index is -0.0660. The van der Waals surface area contributed by atoms with Gasteiger partial charge in [0.25, 0.3) is 0 Å². The number of carbonyl (C=O) groups is 1. The molecule has 0 aliphatic carbocycles. The van der Waals surface area contributed by atoms with E-state index in [1.807, 2.05) is 24.3 Å². The number of rotatable bonds is 9. The van der Waals surface area contributed by atoms with Crippen LogP contribution in [0.3, 0.4) is 0 Å². The van der Waals surface area contributed by atoms with E-state index in [0.717, 1.165) is 25.9 Å². The van der Waals surface area contributed by atoms with Crippen molar-refractivity contribution in [2.45, 2.75) is 22.5 Å². The maximum atomic E-state index is 12.0. The van der Waals surface area contributed by atoms with Gasteiger partial charge in [0.05, 0.1) is 12.9 Å². The van der Waals surface area contributed by atoms with Crippen molar-refractivity contribution < 1.29 is 9.53 Å². The number of hydrogen-bond donors (Lipinski definition) is 1. The van der Waals surface area contributed by atoms with Crippen molar-refractivity contribution in [3.63, 3.8) is 0 Å². The average Bonchev–Trinajstić information content (AvgIpc) is 3.01. The predicted octanol–water partition coefficient (Wildman–Crippen LogP) is 4.67. The first-order chi connectivity index (χ1) is 11.6. The maximum Gasteiger partial charge on any atom is 0.234 e. The molecule has 9 heteroatoms. The zero-order valence-electron chi connectivity index (χ0n) is 13.6. The third-order valence-electron chi connectivity index (χ3n) is 2.62. The van der Waals surface area contributed by atoms with E-state index in [1.54, 1.807) is 28.7 Å². The number of methoxy groups -OCH3 is 1. The molecule has 24 heavy (non-hydrogen) atoms. The summed E-state index contributed by atoms with van der Waals surface area (Å²) in [6.07, 6.45) is 0. The summed E-state index contributed by atoms with van der Waals surface area (Å²) in [6.45, 7) is 4.38. The molecule has 130 valence electrons. The van der Waals surface area contributed by atoms with Crippen LogP contribution in [0.2, 0.25) is 0 Å². The Balaban J connectivity index is 1.74. The second kappa shape index (κ2) is 10.2. The number of nitrogens with zero attached hydrogens (tertiary/aromatic N) is 2. The van der Waals surface area contributed by atoms with Crippen LogP contribution in [0.25, 0.3) is 0 Å². The summed E-state index contributed by atoms with van der Waals surface area (Å²) in [5.41, 5.74) is 0.750. The van der Waals surface area contributed by atoms with Crippen LogP contribution in [0, 0.1) is 5.92 Å². The lowest BCUT2D eigenvalue weighted by Gasteiger charge is -2.05. The second-order valence-corrected chi connectivity index (χ2v) is 9.95. The topological polar surface area (TPSA) is 64.1 Å². The van der Waals surface area contributed by atoms with Crippen LogP contribution < -0.4 is 10.1 Å². The van der Waals surface area contributed by atoms with Gasteiger partial charge in [-0.1, -0.05) is 47.7 Å². The van der Waals surface area contributed by atoms with Gasteiger partial charge in [-0.2, -0.15) is 0 Å². The van der Waals surface area contributed by atoms with Crippen molar-refractivity contribution in [2.24, 2.45) is 5.92 Å². The van der Waals surface area contributed by atoms with E-state index in [1.165, 1.54) is 23.1 Å². The lowest BCUT2D eigenvalue weighted by atomic mass is 10.3. The highest BCUT2D eigenvalue weighted by molar-refractivity contribution is 8.77. The minimum Gasteiger partial charge on any atom is -0.497 e. The maximum absolute atomic E-state index is 12.0. The number of hydrogen-bond acceptors (Lipinski definition) is 8. The van der Waals surface area contributed by atoms with Crippen LogP contribution in [-0.4, -0.2) is 34.7 Å². The first-order valence-corrected chi connectivity index (χ1v) is 11.4. The third kappa shape index (κ3) is 6.92. The molecule has 0 fully saturated rings. The summed E-state index contributed by atoms with van der Waals surface area (Å²) >= 11 is 2.93. The number of carbonyl (C=O) groups excluding carboxylic acids is 1. The molecule has 5 nitrogen and oxygen atoms in total. The van der Waals surface area contributed by atoms with E-state index in [4.69, 9.17) is 4.74 Å². The van der Waals surface area contributed by atoms with Crippen LogP contribution in [0.4, 0.5) is 5.69 Å². The van der Waals surface area contributed by atoms with Gasteiger partial charge in [-0.05, 0) is 41.0 Å². The van der Waals surface area contributed by atoms with E-state index in [-0.39, 0.29) is 5.91 Å². The van der Waals surface area contributed by atoms with Gasteiger partial charge >= 0.3 is 0 Å². The van der Waals surface area contributed by atoms with Crippen LogP contribution in [0.5, 0.6) is 5.75 Å². The molecule has 0 unspecified atom stereocenters. The Morgan fingerprint density at radius 2 is 1.96 bits per heavy atom. The molecular weight excluding hydrogens is 382 g/mol. The molecule has 0 spiro atoms. The molecule has 0 aliphatic heterocycles. The lowest BCUT2D eigenvalue weighted by molar-refractivity contribution is -0.113. The van der Waals surface area contributed by atoms with Crippen molar-refractivity contribution in [1.29, 1.82) is 0 Å². The normalized spacial score (nSPS) is 10.8. The van der Waals surface area contributed by atoms with Crippen molar-refractivity contribution in [2.75, 3.05) is 23.9 Å². The van der Waals surface area contributed by atoms with Gasteiger partial charge in [-0.25, -0.2) is 0 Å². The van der Waals surface area contributed by atoms with Gasteiger partial charge < -0.3 is 10.1 Å². The molecule has 0 bridgehead atoms. The molecule has 1 heterocycles. The number of benzene rings is 1. The molecule has 0 saturated heterocycles. The molecule has 1 aromatic carbocycles. The number of anilines is 1. The van der Waals surface area contributed by atoms with E-state index < -0.39 is 0 Å². The highest BCUT2D eigenvalue weighted by atomic mass is 33.1. The summed E-state index contributed by atoms with van der Waals surface area (Å²) in [5, 5.41) is 11.1. The number of amides is 1. The molecule has 1 amide bonds. The predicted molar refractivity (Wildman–Crippen MR) is 105 cm³/mol. The lowest BCUT2D eigenvalue weighted by Crippen LogP contribution is -2.13. The molecule has 1 N–H and O–H groups in total. The molecule has 2 rings (SSSR count). The van der Waals surface area contributed by atoms with E-state index in [0.29, 0.717) is 11.7 Å². The average molecular weight is 402 g/mol. The molecular formula is C15H19N3O2S4. The molecule has 2 aromatic rings. The van der Waals surface area contributed by atoms with Gasteiger partial charge in [0.1, 0.15) is 5.75 Å². The highest BCUT2D eigenvalue weighted by Crippen LogP contribution is 2.36. The van der Waals surface area contributed by atoms with Gasteiger partial charge in [0.15, 0.2) is 8.68 Å². The molecule has 1 aromatic heterocycles.